The zero-order valence-corrected chi connectivity index (χ0v) is 10.4. The van der Waals surface area contributed by atoms with Gasteiger partial charge in [0.05, 0.1) is 17.8 Å². The number of fused-ring (bicyclic) bond motifs is 1. The van der Waals surface area contributed by atoms with Crippen molar-refractivity contribution in [2.75, 3.05) is 23.7 Å². The van der Waals surface area contributed by atoms with Crippen molar-refractivity contribution in [1.29, 1.82) is 0 Å². The lowest BCUT2D eigenvalue weighted by atomic mass is 9.97. The summed E-state index contributed by atoms with van der Waals surface area (Å²) in [6.45, 7) is 1.49. The van der Waals surface area contributed by atoms with Crippen LogP contribution in [-0.2, 0) is 4.79 Å². The Balaban J connectivity index is 1.79. The Morgan fingerprint density at radius 2 is 2.11 bits per heavy atom. The second kappa shape index (κ2) is 4.42. The predicted octanol–water partition coefficient (Wildman–Crippen LogP) is 0.613. The maximum absolute atomic E-state index is 10.9. The summed E-state index contributed by atoms with van der Waals surface area (Å²) in [5.41, 5.74) is 7.27. The molecule has 0 atom stereocenters. The highest BCUT2D eigenvalue weighted by molar-refractivity contribution is 5.70. The third-order valence-electron chi connectivity index (χ3n) is 3.54. The highest BCUT2D eigenvalue weighted by Gasteiger charge is 2.24. The molecule has 0 spiro atoms. The highest BCUT2D eigenvalue weighted by Crippen LogP contribution is 2.23. The molecule has 2 aromatic heterocycles. The van der Waals surface area contributed by atoms with Gasteiger partial charge in [-0.1, -0.05) is 0 Å². The quantitative estimate of drug-likeness (QED) is 0.822. The van der Waals surface area contributed by atoms with Gasteiger partial charge in [0.15, 0.2) is 5.65 Å². The molecule has 0 aromatic carbocycles. The first-order chi connectivity index (χ1) is 9.13. The summed E-state index contributed by atoms with van der Waals surface area (Å²) in [5, 5.41) is 13.1. The van der Waals surface area contributed by atoms with Crippen LogP contribution in [0.3, 0.4) is 0 Å². The second-order valence-electron chi connectivity index (χ2n) is 4.76. The molecule has 19 heavy (non-hydrogen) atoms. The van der Waals surface area contributed by atoms with Gasteiger partial charge in [0.25, 0.3) is 0 Å². The highest BCUT2D eigenvalue weighted by atomic mass is 16.4. The van der Waals surface area contributed by atoms with Crippen LogP contribution in [0.25, 0.3) is 5.65 Å². The minimum Gasteiger partial charge on any atom is -0.481 e. The molecule has 0 bridgehead atoms. The van der Waals surface area contributed by atoms with Crippen LogP contribution < -0.4 is 10.6 Å². The van der Waals surface area contributed by atoms with Crippen LogP contribution in [0.2, 0.25) is 0 Å². The number of nitrogen functional groups attached to an aromatic ring is 1. The monoisotopic (exact) mass is 261 g/mol. The number of piperidine rings is 1. The topological polar surface area (TPSA) is 96.8 Å². The molecule has 0 amide bonds. The second-order valence-corrected chi connectivity index (χ2v) is 4.76. The van der Waals surface area contributed by atoms with Gasteiger partial charge in [-0.2, -0.15) is 4.98 Å². The lowest BCUT2D eigenvalue weighted by Gasteiger charge is -2.31. The lowest BCUT2D eigenvalue weighted by Crippen LogP contribution is -2.36. The Kier molecular flexibility index (Phi) is 2.73. The summed E-state index contributed by atoms with van der Waals surface area (Å²) >= 11 is 0. The molecule has 3 heterocycles. The fourth-order valence-electron chi connectivity index (χ4n) is 2.46. The first-order valence-electron chi connectivity index (χ1n) is 6.23. The third-order valence-corrected chi connectivity index (χ3v) is 3.54. The molecule has 1 fully saturated rings. The molecule has 0 radical (unpaired) electrons. The number of pyridine rings is 1. The van der Waals surface area contributed by atoms with Crippen LogP contribution in [0.1, 0.15) is 12.8 Å². The van der Waals surface area contributed by atoms with Crippen molar-refractivity contribution < 1.29 is 9.90 Å². The number of hydrogen-bond donors (Lipinski definition) is 2. The van der Waals surface area contributed by atoms with E-state index < -0.39 is 5.97 Å². The summed E-state index contributed by atoms with van der Waals surface area (Å²) in [4.78, 5) is 17.2. The number of hydrogen-bond acceptors (Lipinski definition) is 5. The number of rotatable bonds is 2. The van der Waals surface area contributed by atoms with Gasteiger partial charge in [-0.15, -0.1) is 5.10 Å². The largest absolute Gasteiger partial charge is 0.481 e. The number of nitrogens with zero attached hydrogens (tertiary/aromatic N) is 4. The van der Waals surface area contributed by atoms with Gasteiger partial charge in [0.2, 0.25) is 5.95 Å². The standard InChI is InChI=1S/C12H15N5O2/c13-12-14-10-2-1-9(7-17(10)15-12)16-5-3-8(4-6-16)11(18)19/h1-2,7-8H,3-6H2,(H2,13,15)(H,18,19). The van der Waals surface area contributed by atoms with Crippen LogP contribution in [0.4, 0.5) is 11.6 Å². The maximum Gasteiger partial charge on any atom is 0.306 e. The summed E-state index contributed by atoms with van der Waals surface area (Å²) in [6.07, 6.45) is 3.22. The zero-order valence-electron chi connectivity index (χ0n) is 10.4. The predicted molar refractivity (Wildman–Crippen MR) is 70.0 cm³/mol. The Morgan fingerprint density at radius 3 is 2.79 bits per heavy atom. The van der Waals surface area contributed by atoms with E-state index in [4.69, 9.17) is 10.8 Å². The Bertz CT molecular complexity index is 616. The number of carbonyl (C=O) groups is 1. The summed E-state index contributed by atoms with van der Waals surface area (Å²) in [7, 11) is 0. The number of carboxylic acid groups (broad SMARTS) is 1. The van der Waals surface area contributed by atoms with Gasteiger partial charge in [0, 0.05) is 13.1 Å². The van der Waals surface area contributed by atoms with Crippen molar-refractivity contribution in [1.82, 2.24) is 14.6 Å². The summed E-state index contributed by atoms with van der Waals surface area (Å²) in [6, 6.07) is 3.83. The lowest BCUT2D eigenvalue weighted by molar-refractivity contribution is -0.142. The maximum atomic E-state index is 10.9. The van der Waals surface area contributed by atoms with Crippen LogP contribution >= 0.6 is 0 Å². The average Bonchev–Trinajstić information content (AvgIpc) is 2.77. The molecule has 0 unspecified atom stereocenters. The molecule has 7 nitrogen and oxygen atoms in total. The van der Waals surface area contributed by atoms with Gasteiger partial charge in [-0.05, 0) is 25.0 Å². The molecule has 100 valence electrons. The van der Waals surface area contributed by atoms with Crippen molar-refractivity contribution in [2.24, 2.45) is 5.92 Å². The van der Waals surface area contributed by atoms with E-state index in [1.54, 1.807) is 4.52 Å². The Labute approximate surface area is 109 Å². The normalized spacial score (nSPS) is 16.9. The number of aliphatic carboxylic acids is 1. The summed E-state index contributed by atoms with van der Waals surface area (Å²) in [5.74, 6) is -0.664. The van der Waals surface area contributed by atoms with Crippen LogP contribution in [0.15, 0.2) is 18.3 Å². The van der Waals surface area contributed by atoms with Crippen molar-refractivity contribution in [3.8, 4) is 0 Å². The summed E-state index contributed by atoms with van der Waals surface area (Å²) < 4.78 is 1.65. The number of aromatic nitrogens is 3. The van der Waals surface area contributed by atoms with E-state index in [0.29, 0.717) is 18.5 Å². The number of nitrogens with two attached hydrogens (primary N) is 1. The molecule has 1 aliphatic rings. The number of carboxylic acids is 1. The van der Waals surface area contributed by atoms with Crippen molar-refractivity contribution in [2.45, 2.75) is 12.8 Å². The van der Waals surface area contributed by atoms with Crippen molar-refractivity contribution in [3.63, 3.8) is 0 Å². The van der Waals surface area contributed by atoms with E-state index in [0.717, 1.165) is 18.8 Å². The van der Waals surface area contributed by atoms with Crippen LogP contribution in [0, 0.1) is 5.92 Å². The van der Waals surface area contributed by atoms with Crippen LogP contribution in [0.5, 0.6) is 0 Å². The molecule has 1 aliphatic heterocycles. The first kappa shape index (κ1) is 11.8. The zero-order chi connectivity index (χ0) is 13.4. The third kappa shape index (κ3) is 2.18. The molecule has 7 heteroatoms. The molecule has 2 aromatic rings. The van der Waals surface area contributed by atoms with Crippen LogP contribution in [-0.4, -0.2) is 38.8 Å². The fourth-order valence-corrected chi connectivity index (χ4v) is 2.46. The Morgan fingerprint density at radius 1 is 1.37 bits per heavy atom. The van der Waals surface area contributed by atoms with E-state index in [2.05, 4.69) is 15.0 Å². The molecule has 3 rings (SSSR count). The molecule has 3 N–H and O–H groups in total. The van der Waals surface area contributed by atoms with Gasteiger partial charge in [-0.25, -0.2) is 4.52 Å². The molecular formula is C12H15N5O2. The van der Waals surface area contributed by atoms with Gasteiger partial charge in [0.1, 0.15) is 0 Å². The fraction of sp³-hybridized carbons (Fsp3) is 0.417. The average molecular weight is 261 g/mol. The SMILES string of the molecule is Nc1nc2ccc(N3CCC(C(=O)O)CC3)cn2n1. The minimum atomic E-state index is -0.695. The van der Waals surface area contributed by atoms with Gasteiger partial charge >= 0.3 is 5.97 Å². The van der Waals surface area contributed by atoms with E-state index in [1.807, 2.05) is 18.3 Å². The molecule has 0 aliphatic carbocycles. The van der Waals surface area contributed by atoms with Gasteiger partial charge < -0.3 is 15.7 Å². The van der Waals surface area contributed by atoms with Crippen molar-refractivity contribution in [3.05, 3.63) is 18.3 Å². The first-order valence-corrected chi connectivity index (χ1v) is 6.23. The molecule has 1 saturated heterocycles. The Hall–Kier alpha value is -2.31. The number of anilines is 2. The van der Waals surface area contributed by atoms with E-state index >= 15 is 0 Å². The van der Waals surface area contributed by atoms with E-state index in [9.17, 15) is 4.79 Å². The molecular weight excluding hydrogens is 246 g/mol. The van der Waals surface area contributed by atoms with E-state index in [1.165, 1.54) is 0 Å². The smallest absolute Gasteiger partial charge is 0.306 e. The van der Waals surface area contributed by atoms with E-state index in [-0.39, 0.29) is 11.9 Å². The van der Waals surface area contributed by atoms with Gasteiger partial charge in [-0.3, -0.25) is 4.79 Å². The molecule has 0 saturated carbocycles. The van der Waals surface area contributed by atoms with Crippen molar-refractivity contribution >= 4 is 23.3 Å². The minimum absolute atomic E-state index is 0.220.